The van der Waals surface area contributed by atoms with Crippen molar-refractivity contribution in [2.75, 3.05) is 11.4 Å². The van der Waals surface area contributed by atoms with Crippen molar-refractivity contribution >= 4 is 16.7 Å². The highest BCUT2D eigenvalue weighted by Gasteiger charge is 2.24. The van der Waals surface area contributed by atoms with Gasteiger partial charge in [0.2, 0.25) is 0 Å². The van der Waals surface area contributed by atoms with Crippen LogP contribution < -0.4 is 4.90 Å². The monoisotopic (exact) mass is 415 g/mol. The average Bonchev–Trinajstić information content (AvgIpc) is 3.03. The molecule has 0 saturated heterocycles. The van der Waals surface area contributed by atoms with E-state index in [-0.39, 0.29) is 12.4 Å². The maximum absolute atomic E-state index is 13.8. The smallest absolute Gasteiger partial charge is 0.153 e. The number of fused-ring (bicyclic) bond motifs is 2. The van der Waals surface area contributed by atoms with Gasteiger partial charge in [0.15, 0.2) is 5.82 Å². The fraction of sp³-hybridized carbons (Fsp3) is 0.269. The predicted molar refractivity (Wildman–Crippen MR) is 122 cm³/mol. The van der Waals surface area contributed by atoms with Crippen LogP contribution in [0.5, 0.6) is 0 Å². The number of aliphatic hydroxyl groups excluding tert-OH is 1. The van der Waals surface area contributed by atoms with E-state index in [4.69, 9.17) is 4.98 Å². The van der Waals surface area contributed by atoms with Crippen LogP contribution in [0, 0.1) is 19.7 Å². The number of halogens is 1. The van der Waals surface area contributed by atoms with Crippen LogP contribution in [0.3, 0.4) is 0 Å². The van der Waals surface area contributed by atoms with E-state index in [0.717, 1.165) is 47.5 Å². The fourth-order valence-electron chi connectivity index (χ4n) is 4.69. The van der Waals surface area contributed by atoms with Crippen LogP contribution in [0.1, 0.15) is 33.6 Å². The van der Waals surface area contributed by atoms with Crippen molar-refractivity contribution in [3.8, 4) is 0 Å². The molecular formula is C26H26FN3O. The van der Waals surface area contributed by atoms with E-state index in [2.05, 4.69) is 47.6 Å². The van der Waals surface area contributed by atoms with Gasteiger partial charge in [0, 0.05) is 30.7 Å². The van der Waals surface area contributed by atoms with Gasteiger partial charge in [0.1, 0.15) is 5.82 Å². The molecule has 1 aliphatic rings. The number of aromatic nitrogens is 2. The Bertz CT molecular complexity index is 1280. The largest absolute Gasteiger partial charge is 0.390 e. The number of aryl methyl sites for hydroxylation is 1. The number of pyridine rings is 1. The van der Waals surface area contributed by atoms with E-state index in [1.165, 1.54) is 22.8 Å². The number of hydrogen-bond acceptors (Lipinski definition) is 3. The van der Waals surface area contributed by atoms with Gasteiger partial charge in [-0.15, -0.1) is 0 Å². The molecule has 0 atom stereocenters. The van der Waals surface area contributed by atoms with Crippen molar-refractivity contribution < 1.29 is 9.50 Å². The highest BCUT2D eigenvalue weighted by Crippen LogP contribution is 2.35. The molecule has 0 saturated carbocycles. The van der Waals surface area contributed by atoms with Crippen LogP contribution in [-0.4, -0.2) is 21.2 Å². The number of rotatable bonds is 4. The first-order valence-corrected chi connectivity index (χ1v) is 10.7. The van der Waals surface area contributed by atoms with Crippen molar-refractivity contribution in [1.29, 1.82) is 0 Å². The van der Waals surface area contributed by atoms with Gasteiger partial charge in [-0.1, -0.05) is 36.4 Å². The highest BCUT2D eigenvalue weighted by atomic mass is 19.1. The average molecular weight is 416 g/mol. The third-order valence-corrected chi connectivity index (χ3v) is 6.47. The molecule has 4 nitrogen and oxygen atoms in total. The minimum atomic E-state index is -0.225. The molecular weight excluding hydrogens is 389 g/mol. The third-order valence-electron chi connectivity index (χ3n) is 6.47. The van der Waals surface area contributed by atoms with Crippen molar-refractivity contribution in [2.45, 2.75) is 40.0 Å². The summed E-state index contributed by atoms with van der Waals surface area (Å²) in [6.45, 7) is 6.35. The van der Waals surface area contributed by atoms with Gasteiger partial charge < -0.3 is 14.6 Å². The van der Waals surface area contributed by atoms with Gasteiger partial charge in [-0.2, -0.15) is 0 Å². The lowest BCUT2D eigenvalue weighted by molar-refractivity contribution is 0.277. The number of benzene rings is 2. The van der Waals surface area contributed by atoms with E-state index in [1.54, 1.807) is 12.1 Å². The topological polar surface area (TPSA) is 41.3 Å². The molecule has 31 heavy (non-hydrogen) atoms. The minimum Gasteiger partial charge on any atom is -0.390 e. The molecule has 0 unspecified atom stereocenters. The first-order chi connectivity index (χ1) is 15.0. The lowest BCUT2D eigenvalue weighted by Gasteiger charge is -2.31. The summed E-state index contributed by atoms with van der Waals surface area (Å²) in [6.07, 6.45) is 0.964. The summed E-state index contributed by atoms with van der Waals surface area (Å²) < 4.78 is 16.1. The van der Waals surface area contributed by atoms with Gasteiger partial charge in [0.25, 0.3) is 0 Å². The second-order valence-electron chi connectivity index (χ2n) is 8.36. The first kappa shape index (κ1) is 19.8. The van der Waals surface area contributed by atoms with E-state index in [1.807, 2.05) is 12.1 Å². The van der Waals surface area contributed by atoms with Gasteiger partial charge in [0.05, 0.1) is 17.8 Å². The Morgan fingerprint density at radius 2 is 1.84 bits per heavy atom. The molecule has 1 aliphatic heterocycles. The zero-order valence-corrected chi connectivity index (χ0v) is 17.9. The Labute approximate surface area is 181 Å². The molecule has 1 N–H and O–H groups in total. The van der Waals surface area contributed by atoms with Crippen molar-refractivity contribution in [3.63, 3.8) is 0 Å². The summed E-state index contributed by atoms with van der Waals surface area (Å²) >= 11 is 0. The molecule has 0 spiro atoms. The Morgan fingerprint density at radius 3 is 2.61 bits per heavy atom. The second kappa shape index (κ2) is 7.82. The molecule has 0 fully saturated rings. The van der Waals surface area contributed by atoms with Crippen molar-refractivity contribution in [3.05, 3.63) is 94.1 Å². The van der Waals surface area contributed by atoms with Crippen LogP contribution in [0.2, 0.25) is 0 Å². The second-order valence-corrected chi connectivity index (χ2v) is 8.36. The molecule has 5 heteroatoms. The van der Waals surface area contributed by atoms with Gasteiger partial charge in [-0.25, -0.2) is 9.37 Å². The maximum Gasteiger partial charge on any atom is 0.153 e. The van der Waals surface area contributed by atoms with Crippen molar-refractivity contribution in [2.24, 2.45) is 0 Å². The molecule has 0 radical (unpaired) electrons. The Hall–Kier alpha value is -3.18. The molecule has 3 heterocycles. The van der Waals surface area contributed by atoms with Crippen LogP contribution in [0.15, 0.2) is 54.6 Å². The Morgan fingerprint density at radius 1 is 1.03 bits per heavy atom. The molecule has 158 valence electrons. The van der Waals surface area contributed by atoms with E-state index in [0.29, 0.717) is 12.2 Å². The lowest BCUT2D eigenvalue weighted by atomic mass is 10.00. The van der Waals surface area contributed by atoms with Crippen LogP contribution in [-0.2, 0) is 26.1 Å². The summed E-state index contributed by atoms with van der Waals surface area (Å²) in [5.74, 6) is 0.667. The lowest BCUT2D eigenvalue weighted by Crippen LogP contribution is -2.31. The molecule has 2 aromatic carbocycles. The molecule has 0 bridgehead atoms. The SMILES string of the molecule is Cc1c(C)n(Cc2cccc(F)c2)c2c(N3CCc4ccccc4C3)nc(CO)cc12. The van der Waals surface area contributed by atoms with Crippen LogP contribution in [0.4, 0.5) is 10.2 Å². The molecule has 4 aromatic rings. The normalized spacial score (nSPS) is 13.6. The molecule has 5 rings (SSSR count). The zero-order chi connectivity index (χ0) is 21.5. The molecule has 0 amide bonds. The standard InChI is InChI=1S/C26H26FN3O/c1-17-18(2)30(14-19-6-5-9-22(27)12-19)25-24(17)13-23(16-31)28-26(25)29-11-10-20-7-3-4-8-21(20)15-29/h3-9,12-13,31H,10-11,14-16H2,1-2H3. The van der Waals surface area contributed by atoms with E-state index < -0.39 is 0 Å². The summed E-state index contributed by atoms with van der Waals surface area (Å²) in [5, 5.41) is 11.0. The van der Waals surface area contributed by atoms with Gasteiger partial charge in [-0.3, -0.25) is 0 Å². The van der Waals surface area contributed by atoms with Gasteiger partial charge in [-0.05, 0) is 60.7 Å². The maximum atomic E-state index is 13.8. The summed E-state index contributed by atoms with van der Waals surface area (Å²) in [6, 6.07) is 17.3. The minimum absolute atomic E-state index is 0.0963. The summed E-state index contributed by atoms with van der Waals surface area (Å²) in [4.78, 5) is 7.18. The highest BCUT2D eigenvalue weighted by molar-refractivity contribution is 5.94. The quantitative estimate of drug-likeness (QED) is 0.516. The predicted octanol–water partition coefficient (Wildman–Crippen LogP) is 4.90. The van der Waals surface area contributed by atoms with E-state index in [9.17, 15) is 9.50 Å². The van der Waals surface area contributed by atoms with Crippen LogP contribution >= 0.6 is 0 Å². The summed E-state index contributed by atoms with van der Waals surface area (Å²) in [7, 11) is 0. The summed E-state index contributed by atoms with van der Waals surface area (Å²) in [5.41, 5.74) is 7.65. The fourth-order valence-corrected chi connectivity index (χ4v) is 4.69. The van der Waals surface area contributed by atoms with E-state index >= 15 is 0 Å². The number of anilines is 1. The number of nitrogens with zero attached hydrogens (tertiary/aromatic N) is 3. The number of aliphatic hydroxyl groups is 1. The number of hydrogen-bond donors (Lipinski definition) is 1. The first-order valence-electron chi connectivity index (χ1n) is 10.7. The van der Waals surface area contributed by atoms with Crippen LogP contribution in [0.25, 0.3) is 10.9 Å². The zero-order valence-electron chi connectivity index (χ0n) is 17.9. The Balaban J connectivity index is 1.67. The third kappa shape index (κ3) is 3.49. The molecule has 2 aromatic heterocycles. The van der Waals surface area contributed by atoms with Gasteiger partial charge >= 0.3 is 0 Å². The molecule has 0 aliphatic carbocycles. The Kier molecular flexibility index (Phi) is 4.98. The van der Waals surface area contributed by atoms with Crippen molar-refractivity contribution in [1.82, 2.24) is 9.55 Å².